The molecule has 26 heavy (non-hydrogen) atoms. The van der Waals surface area contributed by atoms with Crippen molar-refractivity contribution >= 4 is 5.91 Å². The fourth-order valence-electron chi connectivity index (χ4n) is 2.49. The van der Waals surface area contributed by atoms with Gasteiger partial charge in [-0.15, -0.1) is 0 Å². The Hall–Kier alpha value is -2.53. The molecule has 0 heterocycles. The lowest BCUT2D eigenvalue weighted by molar-refractivity contribution is 0.0949. The van der Waals surface area contributed by atoms with Gasteiger partial charge in [-0.2, -0.15) is 0 Å². The Kier molecular flexibility index (Phi) is 7.96. The molecule has 0 spiro atoms. The molecule has 1 N–H and O–H groups in total. The van der Waals surface area contributed by atoms with E-state index in [1.807, 2.05) is 30.3 Å². The van der Waals surface area contributed by atoms with E-state index in [-0.39, 0.29) is 5.91 Å². The normalized spacial score (nSPS) is 10.4. The van der Waals surface area contributed by atoms with Crippen LogP contribution in [0.4, 0.5) is 0 Å². The molecule has 0 aliphatic carbocycles. The van der Waals surface area contributed by atoms with Gasteiger partial charge in [0.25, 0.3) is 5.91 Å². The summed E-state index contributed by atoms with van der Waals surface area (Å²) in [5, 5.41) is 2.93. The summed E-state index contributed by atoms with van der Waals surface area (Å²) in [6.45, 7) is 3.71. The van der Waals surface area contributed by atoms with Gasteiger partial charge in [-0.1, -0.05) is 25.5 Å². The van der Waals surface area contributed by atoms with E-state index in [1.54, 1.807) is 26.4 Å². The van der Waals surface area contributed by atoms with Crippen molar-refractivity contribution in [3.63, 3.8) is 0 Å². The number of benzene rings is 2. The van der Waals surface area contributed by atoms with Crippen molar-refractivity contribution < 1.29 is 19.0 Å². The second-order valence-electron chi connectivity index (χ2n) is 5.96. The van der Waals surface area contributed by atoms with E-state index in [0.29, 0.717) is 25.3 Å². The lowest BCUT2D eigenvalue weighted by atomic mass is 10.1. The standard InChI is InChI=1S/C21H27NO4/c1-4-5-12-26-15-18-13-17(8-11-20(18)25-3)21(23)22-14-16-6-9-19(24-2)10-7-16/h6-11,13H,4-5,12,14-15H2,1-3H3,(H,22,23). The van der Waals surface area contributed by atoms with Crippen molar-refractivity contribution in [2.75, 3.05) is 20.8 Å². The fraction of sp³-hybridized carbons (Fsp3) is 0.381. The van der Waals surface area contributed by atoms with Crippen molar-refractivity contribution in [2.45, 2.75) is 32.9 Å². The van der Waals surface area contributed by atoms with Crippen LogP contribution in [-0.4, -0.2) is 26.7 Å². The first-order valence-corrected chi connectivity index (χ1v) is 8.83. The van der Waals surface area contributed by atoms with Gasteiger partial charge in [-0.05, 0) is 42.3 Å². The highest BCUT2D eigenvalue weighted by atomic mass is 16.5. The maximum atomic E-state index is 12.5. The maximum Gasteiger partial charge on any atom is 0.251 e. The zero-order chi connectivity index (χ0) is 18.8. The number of carbonyl (C=O) groups is 1. The van der Waals surface area contributed by atoms with Crippen molar-refractivity contribution in [1.29, 1.82) is 0 Å². The molecule has 140 valence electrons. The molecule has 0 atom stereocenters. The average molecular weight is 357 g/mol. The largest absolute Gasteiger partial charge is 0.497 e. The predicted molar refractivity (Wildman–Crippen MR) is 102 cm³/mol. The number of hydrogen-bond donors (Lipinski definition) is 1. The molecule has 0 fully saturated rings. The fourth-order valence-corrected chi connectivity index (χ4v) is 2.49. The van der Waals surface area contributed by atoms with Gasteiger partial charge in [0.1, 0.15) is 11.5 Å². The van der Waals surface area contributed by atoms with E-state index in [0.717, 1.165) is 35.5 Å². The molecule has 0 radical (unpaired) electrons. The van der Waals surface area contributed by atoms with Crippen molar-refractivity contribution in [1.82, 2.24) is 5.32 Å². The Balaban J connectivity index is 1.98. The highest BCUT2D eigenvalue weighted by molar-refractivity contribution is 5.94. The third kappa shape index (κ3) is 5.77. The minimum absolute atomic E-state index is 0.127. The van der Waals surface area contributed by atoms with E-state index < -0.39 is 0 Å². The SMILES string of the molecule is CCCCOCc1cc(C(=O)NCc2ccc(OC)cc2)ccc1OC. The molecule has 0 aromatic heterocycles. The molecule has 2 rings (SSSR count). The third-order valence-electron chi connectivity index (χ3n) is 4.05. The summed E-state index contributed by atoms with van der Waals surface area (Å²) in [4.78, 5) is 12.5. The molecular weight excluding hydrogens is 330 g/mol. The molecule has 0 aliphatic heterocycles. The first-order chi connectivity index (χ1) is 12.7. The van der Waals surface area contributed by atoms with Crippen LogP contribution in [0.2, 0.25) is 0 Å². The predicted octanol–water partition coefficient (Wildman–Crippen LogP) is 3.95. The number of amides is 1. The monoisotopic (exact) mass is 357 g/mol. The maximum absolute atomic E-state index is 12.5. The Morgan fingerprint density at radius 1 is 1.04 bits per heavy atom. The number of unbranched alkanes of at least 4 members (excludes halogenated alkanes) is 1. The first-order valence-electron chi connectivity index (χ1n) is 8.83. The van der Waals surface area contributed by atoms with Crippen LogP contribution in [0.15, 0.2) is 42.5 Å². The first kappa shape index (κ1) is 19.8. The van der Waals surface area contributed by atoms with Crippen LogP contribution in [0.5, 0.6) is 11.5 Å². The number of methoxy groups -OCH3 is 2. The van der Waals surface area contributed by atoms with Crippen LogP contribution in [0.25, 0.3) is 0 Å². The van der Waals surface area contributed by atoms with Gasteiger partial charge >= 0.3 is 0 Å². The summed E-state index contributed by atoms with van der Waals surface area (Å²) in [7, 11) is 3.25. The average Bonchev–Trinajstić information content (AvgIpc) is 2.69. The van der Waals surface area contributed by atoms with Crippen LogP contribution in [0.3, 0.4) is 0 Å². The summed E-state index contributed by atoms with van der Waals surface area (Å²) in [5.74, 6) is 1.40. The Bertz CT molecular complexity index is 698. The molecule has 0 unspecified atom stereocenters. The van der Waals surface area contributed by atoms with Crippen molar-refractivity contribution in [3.8, 4) is 11.5 Å². The van der Waals surface area contributed by atoms with E-state index >= 15 is 0 Å². The molecule has 0 saturated carbocycles. The zero-order valence-corrected chi connectivity index (χ0v) is 15.7. The van der Waals surface area contributed by atoms with E-state index in [1.165, 1.54) is 0 Å². The molecule has 0 bridgehead atoms. The van der Waals surface area contributed by atoms with Crippen molar-refractivity contribution in [2.24, 2.45) is 0 Å². The number of hydrogen-bond acceptors (Lipinski definition) is 4. The summed E-state index contributed by atoms with van der Waals surface area (Å²) in [6, 6.07) is 13.0. The second-order valence-corrected chi connectivity index (χ2v) is 5.96. The minimum atomic E-state index is -0.127. The summed E-state index contributed by atoms with van der Waals surface area (Å²) in [6.07, 6.45) is 2.11. The molecule has 5 nitrogen and oxygen atoms in total. The summed E-state index contributed by atoms with van der Waals surface area (Å²) >= 11 is 0. The topological polar surface area (TPSA) is 56.8 Å². The smallest absolute Gasteiger partial charge is 0.251 e. The molecule has 5 heteroatoms. The van der Waals surface area contributed by atoms with Crippen LogP contribution in [-0.2, 0) is 17.9 Å². The number of carbonyl (C=O) groups excluding carboxylic acids is 1. The van der Waals surface area contributed by atoms with Gasteiger partial charge in [0.15, 0.2) is 0 Å². The number of nitrogens with one attached hydrogen (secondary N) is 1. The lowest BCUT2D eigenvalue weighted by Gasteiger charge is -2.12. The quantitative estimate of drug-likeness (QED) is 0.654. The van der Waals surface area contributed by atoms with Crippen LogP contribution in [0.1, 0.15) is 41.3 Å². The molecular formula is C21H27NO4. The number of ether oxygens (including phenoxy) is 3. The van der Waals surface area contributed by atoms with Gasteiger partial charge in [0, 0.05) is 24.3 Å². The van der Waals surface area contributed by atoms with Crippen LogP contribution >= 0.6 is 0 Å². The van der Waals surface area contributed by atoms with Crippen LogP contribution < -0.4 is 14.8 Å². The highest BCUT2D eigenvalue weighted by Crippen LogP contribution is 2.21. The summed E-state index contributed by atoms with van der Waals surface area (Å²) < 4.78 is 16.2. The van der Waals surface area contributed by atoms with E-state index in [4.69, 9.17) is 14.2 Å². The summed E-state index contributed by atoms with van der Waals surface area (Å²) in [5.41, 5.74) is 2.48. The molecule has 2 aromatic rings. The van der Waals surface area contributed by atoms with Crippen molar-refractivity contribution in [3.05, 3.63) is 59.2 Å². The number of rotatable bonds is 10. The van der Waals surface area contributed by atoms with Gasteiger partial charge in [0.05, 0.1) is 20.8 Å². The zero-order valence-electron chi connectivity index (χ0n) is 15.7. The minimum Gasteiger partial charge on any atom is -0.497 e. The van der Waals surface area contributed by atoms with Gasteiger partial charge in [-0.3, -0.25) is 4.79 Å². The molecule has 1 amide bonds. The molecule has 2 aromatic carbocycles. The van der Waals surface area contributed by atoms with E-state index in [9.17, 15) is 4.79 Å². The Morgan fingerprint density at radius 2 is 1.81 bits per heavy atom. The van der Waals surface area contributed by atoms with Gasteiger partial charge < -0.3 is 19.5 Å². The Labute approximate surface area is 155 Å². The van der Waals surface area contributed by atoms with Gasteiger partial charge in [0.2, 0.25) is 0 Å². The van der Waals surface area contributed by atoms with Gasteiger partial charge in [-0.25, -0.2) is 0 Å². The van der Waals surface area contributed by atoms with Crippen LogP contribution in [0, 0.1) is 0 Å². The molecule has 0 aliphatic rings. The Morgan fingerprint density at radius 3 is 2.46 bits per heavy atom. The third-order valence-corrected chi connectivity index (χ3v) is 4.05. The highest BCUT2D eigenvalue weighted by Gasteiger charge is 2.10. The lowest BCUT2D eigenvalue weighted by Crippen LogP contribution is -2.23. The second kappa shape index (κ2) is 10.5. The molecule has 0 saturated heterocycles. The van der Waals surface area contributed by atoms with E-state index in [2.05, 4.69) is 12.2 Å².